The zero-order chi connectivity index (χ0) is 29.4. The van der Waals surface area contributed by atoms with E-state index in [0.29, 0.717) is 37.7 Å². The molecule has 0 aromatic heterocycles. The third kappa shape index (κ3) is 7.18. The van der Waals surface area contributed by atoms with Crippen LogP contribution in [0.2, 0.25) is 0 Å². The topological polar surface area (TPSA) is 105 Å². The fraction of sp³-hybridized carbons (Fsp3) is 0.355. The molecule has 0 fully saturated rings. The molecule has 1 heterocycles. The summed E-state index contributed by atoms with van der Waals surface area (Å²) in [4.78, 5) is 28.9. The summed E-state index contributed by atoms with van der Waals surface area (Å²) in [5, 5.41) is 2.90. The lowest BCUT2D eigenvalue weighted by atomic mass is 10.1. The lowest BCUT2D eigenvalue weighted by Gasteiger charge is -2.33. The second-order valence-electron chi connectivity index (χ2n) is 9.88. The number of carbonyl (C=O) groups is 2. The number of benzene rings is 3. The fourth-order valence-corrected chi connectivity index (χ4v) is 6.16. The van der Waals surface area contributed by atoms with Gasteiger partial charge in [-0.05, 0) is 49.6 Å². The largest absolute Gasteiger partial charge is 0.486 e. The number of ether oxygens (including phenoxy) is 2. The molecule has 0 saturated carbocycles. The predicted octanol–water partition coefficient (Wildman–Crippen LogP) is 4.30. The molecule has 3 aromatic carbocycles. The van der Waals surface area contributed by atoms with E-state index in [1.165, 1.54) is 17.0 Å². The Morgan fingerprint density at radius 2 is 1.66 bits per heavy atom. The van der Waals surface area contributed by atoms with Crippen LogP contribution in [0.4, 0.5) is 5.69 Å². The van der Waals surface area contributed by atoms with Crippen molar-refractivity contribution >= 4 is 27.5 Å². The molecule has 0 bridgehead atoms. The number of fused-ring (bicyclic) bond motifs is 1. The molecule has 4 rings (SSSR count). The molecule has 3 aromatic rings. The summed E-state index contributed by atoms with van der Waals surface area (Å²) in [5.74, 6) is 0.131. The number of hydrogen-bond acceptors (Lipinski definition) is 6. The summed E-state index contributed by atoms with van der Waals surface area (Å²) >= 11 is 0. The minimum Gasteiger partial charge on any atom is -0.486 e. The second kappa shape index (κ2) is 13.5. The molecule has 9 nitrogen and oxygen atoms in total. The SMILES string of the molecule is CCCNC(=O)C(CC)N(Cc1cccc(C)c1)C(=O)CN(c1ccc2c(c1)OCCO2)S(=O)(=O)c1ccccc1. The van der Waals surface area contributed by atoms with Crippen molar-refractivity contribution in [3.8, 4) is 11.5 Å². The Labute approximate surface area is 242 Å². The molecule has 41 heavy (non-hydrogen) atoms. The molecule has 1 unspecified atom stereocenters. The quantitative estimate of drug-likeness (QED) is 0.343. The van der Waals surface area contributed by atoms with Gasteiger partial charge >= 0.3 is 0 Å². The third-order valence-electron chi connectivity index (χ3n) is 6.79. The molecule has 1 N–H and O–H groups in total. The summed E-state index contributed by atoms with van der Waals surface area (Å²) in [7, 11) is -4.17. The van der Waals surface area contributed by atoms with E-state index in [4.69, 9.17) is 9.47 Å². The van der Waals surface area contributed by atoms with Gasteiger partial charge in [-0.1, -0.05) is 61.9 Å². The minimum absolute atomic E-state index is 0.0423. The van der Waals surface area contributed by atoms with Gasteiger partial charge in [-0.3, -0.25) is 13.9 Å². The number of amides is 2. The molecule has 218 valence electrons. The first-order valence-corrected chi connectivity index (χ1v) is 15.3. The summed E-state index contributed by atoms with van der Waals surface area (Å²) in [6.45, 7) is 6.59. The van der Waals surface area contributed by atoms with Crippen molar-refractivity contribution in [2.24, 2.45) is 0 Å². The first-order valence-electron chi connectivity index (χ1n) is 13.8. The molecule has 1 aliphatic rings. The zero-order valence-electron chi connectivity index (χ0n) is 23.7. The molecule has 0 saturated heterocycles. The number of nitrogens with one attached hydrogen (secondary N) is 1. The molecule has 1 aliphatic heterocycles. The lowest BCUT2D eigenvalue weighted by molar-refractivity contribution is -0.140. The van der Waals surface area contributed by atoms with Gasteiger partial charge in [0.25, 0.3) is 10.0 Å². The summed E-state index contributed by atoms with van der Waals surface area (Å²) in [6.07, 6.45) is 1.11. The molecule has 0 radical (unpaired) electrons. The van der Waals surface area contributed by atoms with E-state index >= 15 is 0 Å². The molecular weight excluding hydrogens is 542 g/mol. The average Bonchev–Trinajstić information content (AvgIpc) is 2.98. The number of rotatable bonds is 12. The first-order chi connectivity index (χ1) is 19.7. The Balaban J connectivity index is 1.75. The van der Waals surface area contributed by atoms with Crippen molar-refractivity contribution in [1.82, 2.24) is 10.2 Å². The van der Waals surface area contributed by atoms with Crippen LogP contribution in [0.3, 0.4) is 0 Å². The van der Waals surface area contributed by atoms with Gasteiger partial charge in [0.05, 0.1) is 10.6 Å². The van der Waals surface area contributed by atoms with Crippen molar-refractivity contribution in [3.63, 3.8) is 0 Å². The fourth-order valence-electron chi connectivity index (χ4n) is 4.73. The highest BCUT2D eigenvalue weighted by molar-refractivity contribution is 7.92. The number of sulfonamides is 1. The Morgan fingerprint density at radius 3 is 2.34 bits per heavy atom. The molecule has 10 heteroatoms. The lowest BCUT2D eigenvalue weighted by Crippen LogP contribution is -2.52. The van der Waals surface area contributed by atoms with E-state index in [9.17, 15) is 18.0 Å². The predicted molar refractivity (Wildman–Crippen MR) is 158 cm³/mol. The van der Waals surface area contributed by atoms with Crippen molar-refractivity contribution < 1.29 is 27.5 Å². The van der Waals surface area contributed by atoms with E-state index in [1.807, 2.05) is 45.0 Å². The minimum atomic E-state index is -4.17. The van der Waals surface area contributed by atoms with Gasteiger partial charge in [0.15, 0.2) is 11.5 Å². The van der Waals surface area contributed by atoms with E-state index in [2.05, 4.69) is 5.32 Å². The van der Waals surface area contributed by atoms with Crippen LogP contribution in [0.5, 0.6) is 11.5 Å². The standard InChI is InChI=1S/C31H37N3O6S/c1-4-16-32-31(36)27(5-2)33(21-24-11-9-10-23(3)19-24)30(35)22-34(41(37,38)26-12-7-6-8-13-26)25-14-15-28-29(20-25)40-18-17-39-28/h6-15,19-20,27H,4-5,16-18,21-22H2,1-3H3,(H,32,36). The molecular formula is C31H37N3O6S. The van der Waals surface area contributed by atoms with Crippen LogP contribution in [0.15, 0.2) is 77.7 Å². The van der Waals surface area contributed by atoms with Gasteiger partial charge in [-0.2, -0.15) is 0 Å². The van der Waals surface area contributed by atoms with E-state index < -0.39 is 28.5 Å². The van der Waals surface area contributed by atoms with Crippen molar-refractivity contribution in [3.05, 3.63) is 83.9 Å². The van der Waals surface area contributed by atoms with Gasteiger partial charge in [-0.15, -0.1) is 0 Å². The highest BCUT2D eigenvalue weighted by Crippen LogP contribution is 2.36. The average molecular weight is 580 g/mol. The molecule has 2 amide bonds. The Kier molecular flexibility index (Phi) is 9.88. The monoisotopic (exact) mass is 579 g/mol. The molecule has 0 spiro atoms. The van der Waals surface area contributed by atoms with Crippen LogP contribution in [-0.4, -0.2) is 57.5 Å². The second-order valence-corrected chi connectivity index (χ2v) is 11.7. The van der Waals surface area contributed by atoms with Crippen LogP contribution < -0.4 is 19.1 Å². The maximum absolute atomic E-state index is 14.1. The van der Waals surface area contributed by atoms with Gasteiger partial charge in [0, 0.05) is 19.2 Å². The van der Waals surface area contributed by atoms with E-state index in [-0.39, 0.29) is 23.0 Å². The molecule has 1 atom stereocenters. The zero-order valence-corrected chi connectivity index (χ0v) is 24.5. The van der Waals surface area contributed by atoms with Gasteiger partial charge in [-0.25, -0.2) is 8.42 Å². The van der Waals surface area contributed by atoms with Gasteiger partial charge in [0.1, 0.15) is 25.8 Å². The maximum Gasteiger partial charge on any atom is 0.264 e. The number of nitrogens with zero attached hydrogens (tertiary/aromatic N) is 2. The normalized spacial score (nSPS) is 13.2. The third-order valence-corrected chi connectivity index (χ3v) is 8.58. The molecule has 0 aliphatic carbocycles. The number of anilines is 1. The number of aryl methyl sites for hydroxylation is 1. The van der Waals surface area contributed by atoms with Crippen LogP contribution >= 0.6 is 0 Å². The summed E-state index contributed by atoms with van der Waals surface area (Å²) in [5.41, 5.74) is 2.12. The first kappa shape index (κ1) is 29.9. The smallest absolute Gasteiger partial charge is 0.264 e. The number of hydrogen-bond donors (Lipinski definition) is 1. The highest BCUT2D eigenvalue weighted by atomic mass is 32.2. The van der Waals surface area contributed by atoms with Gasteiger partial charge in [0.2, 0.25) is 11.8 Å². The summed E-state index contributed by atoms with van der Waals surface area (Å²) < 4.78 is 40.4. The van der Waals surface area contributed by atoms with Crippen molar-refractivity contribution in [2.45, 2.75) is 51.1 Å². The Morgan fingerprint density at radius 1 is 0.927 bits per heavy atom. The van der Waals surface area contributed by atoms with Crippen LogP contribution in [-0.2, 0) is 26.2 Å². The van der Waals surface area contributed by atoms with E-state index in [1.54, 1.807) is 36.4 Å². The van der Waals surface area contributed by atoms with Crippen LogP contribution in [0.1, 0.15) is 37.8 Å². The maximum atomic E-state index is 14.1. The van der Waals surface area contributed by atoms with Crippen LogP contribution in [0, 0.1) is 6.92 Å². The van der Waals surface area contributed by atoms with Gasteiger partial charge < -0.3 is 19.7 Å². The Hall–Kier alpha value is -4.05. The van der Waals surface area contributed by atoms with Crippen LogP contribution in [0.25, 0.3) is 0 Å². The Bertz CT molecular complexity index is 1460. The van der Waals surface area contributed by atoms with Crippen molar-refractivity contribution in [2.75, 3.05) is 30.6 Å². The highest BCUT2D eigenvalue weighted by Gasteiger charge is 2.34. The van der Waals surface area contributed by atoms with Crippen molar-refractivity contribution in [1.29, 1.82) is 0 Å². The van der Waals surface area contributed by atoms with E-state index in [0.717, 1.165) is 21.9 Å². The number of carbonyl (C=O) groups excluding carboxylic acids is 2. The summed E-state index contributed by atoms with van der Waals surface area (Å²) in [6, 6.07) is 19.7.